The summed E-state index contributed by atoms with van der Waals surface area (Å²) in [6.45, 7) is 8.06. The molecule has 0 fully saturated rings. The number of carboxylic acids is 1. The van der Waals surface area contributed by atoms with Crippen molar-refractivity contribution in [2.45, 2.75) is 84.1 Å². The molecule has 0 spiro atoms. The van der Waals surface area contributed by atoms with E-state index in [0.29, 0.717) is 52.7 Å². The lowest BCUT2D eigenvalue weighted by molar-refractivity contribution is -0.143. The predicted octanol–water partition coefficient (Wildman–Crippen LogP) is 4.13. The van der Waals surface area contributed by atoms with Crippen molar-refractivity contribution in [2.75, 3.05) is 71.8 Å². The van der Waals surface area contributed by atoms with Crippen molar-refractivity contribution in [2.24, 2.45) is 5.92 Å². The molecule has 0 aromatic rings. The van der Waals surface area contributed by atoms with Gasteiger partial charge in [0.1, 0.15) is 12.6 Å². The second-order valence-corrected chi connectivity index (χ2v) is 9.94. The summed E-state index contributed by atoms with van der Waals surface area (Å²) in [7, 11) is 0. The Morgan fingerprint density at radius 2 is 1.05 bits per heavy atom. The Balaban J connectivity index is 3.26. The Kier molecular flexibility index (Phi) is 27.4. The average molecular weight is 552 g/mol. The predicted molar refractivity (Wildman–Crippen MR) is 149 cm³/mol. The largest absolute Gasteiger partial charge is 0.480 e. The molecule has 220 valence electrons. The van der Waals surface area contributed by atoms with Gasteiger partial charge in [0, 0.05) is 6.61 Å². The molecule has 2 N–H and O–H groups in total. The summed E-state index contributed by atoms with van der Waals surface area (Å²) in [6.07, 6.45) is 12.0. The van der Waals surface area contributed by atoms with Crippen LogP contribution >= 0.6 is 12.6 Å². The van der Waals surface area contributed by atoms with Crippen LogP contribution in [-0.2, 0) is 33.3 Å². The number of hydrogen-bond acceptors (Lipinski definition) is 8. The molecule has 0 bridgehead atoms. The molecular weight excluding hydrogens is 498 g/mol. The topological polar surface area (TPSA) is 113 Å². The third-order valence-corrected chi connectivity index (χ3v) is 5.82. The number of unbranched alkanes of at least 4 members (excludes halogenated alkanes) is 8. The molecule has 0 heterocycles. The number of ether oxygens (including phenoxy) is 5. The minimum atomic E-state index is -1.04. The van der Waals surface area contributed by atoms with Crippen molar-refractivity contribution in [3.8, 4) is 0 Å². The summed E-state index contributed by atoms with van der Waals surface area (Å²) in [5, 5.41) is 11.6. The molecular formula is C27H53NO8S. The lowest BCUT2D eigenvalue weighted by Crippen LogP contribution is -2.43. The van der Waals surface area contributed by atoms with E-state index >= 15 is 0 Å². The summed E-state index contributed by atoms with van der Waals surface area (Å²) in [5.41, 5.74) is 0. The molecule has 0 saturated carbocycles. The van der Waals surface area contributed by atoms with E-state index < -0.39 is 17.9 Å². The van der Waals surface area contributed by atoms with Crippen molar-refractivity contribution in [3.63, 3.8) is 0 Å². The first-order valence-corrected chi connectivity index (χ1v) is 14.6. The molecule has 0 unspecified atom stereocenters. The zero-order valence-electron chi connectivity index (χ0n) is 23.3. The van der Waals surface area contributed by atoms with Gasteiger partial charge >= 0.3 is 5.97 Å². The standard InChI is InChI=1S/C27H53NO8S/c1-24(2)22-25(27(30)31)28-26(29)23-36-20-19-35-18-17-34-16-15-33-14-13-32-12-10-8-6-4-3-5-7-9-11-21-37/h24-25,37H,3-23H2,1-2H3,(H,28,29)(H,30,31)/t25-/m0/s1. The highest BCUT2D eigenvalue weighted by Crippen LogP contribution is 2.10. The Morgan fingerprint density at radius 3 is 1.49 bits per heavy atom. The van der Waals surface area contributed by atoms with E-state index in [9.17, 15) is 9.59 Å². The molecule has 1 amide bonds. The fourth-order valence-electron chi connectivity index (χ4n) is 3.53. The highest BCUT2D eigenvalue weighted by atomic mass is 32.1. The molecule has 37 heavy (non-hydrogen) atoms. The molecule has 0 aliphatic heterocycles. The average Bonchev–Trinajstić information content (AvgIpc) is 2.86. The van der Waals surface area contributed by atoms with Crippen molar-refractivity contribution < 1.29 is 38.4 Å². The minimum Gasteiger partial charge on any atom is -0.480 e. The van der Waals surface area contributed by atoms with Gasteiger partial charge in [0.15, 0.2) is 0 Å². The Bertz CT molecular complexity index is 525. The zero-order valence-corrected chi connectivity index (χ0v) is 24.2. The van der Waals surface area contributed by atoms with Gasteiger partial charge in [-0.05, 0) is 30.9 Å². The molecule has 1 atom stereocenters. The van der Waals surface area contributed by atoms with Gasteiger partial charge in [-0.2, -0.15) is 12.6 Å². The molecule has 0 saturated heterocycles. The number of carboxylic acid groups (broad SMARTS) is 1. The fourth-order valence-corrected chi connectivity index (χ4v) is 3.75. The molecule has 0 rings (SSSR count). The number of rotatable bonds is 29. The molecule has 0 aromatic heterocycles. The monoisotopic (exact) mass is 551 g/mol. The van der Waals surface area contributed by atoms with Gasteiger partial charge in [0.05, 0.1) is 52.9 Å². The summed E-state index contributed by atoms with van der Waals surface area (Å²) in [5.74, 6) is -0.306. The number of thiol groups is 1. The summed E-state index contributed by atoms with van der Waals surface area (Å²) >= 11 is 4.24. The van der Waals surface area contributed by atoms with Crippen LogP contribution in [0.5, 0.6) is 0 Å². The molecule has 0 aromatic carbocycles. The van der Waals surface area contributed by atoms with Gasteiger partial charge in [-0.1, -0.05) is 58.8 Å². The molecule has 0 radical (unpaired) electrons. The third-order valence-electron chi connectivity index (χ3n) is 5.51. The number of hydrogen-bond donors (Lipinski definition) is 3. The van der Waals surface area contributed by atoms with Crippen molar-refractivity contribution in [3.05, 3.63) is 0 Å². The number of carbonyl (C=O) groups is 2. The minimum absolute atomic E-state index is 0.168. The van der Waals surface area contributed by atoms with E-state index in [1.54, 1.807) is 0 Å². The van der Waals surface area contributed by atoms with Crippen LogP contribution in [0.1, 0.15) is 78.1 Å². The number of nitrogens with one attached hydrogen (secondary N) is 1. The van der Waals surface area contributed by atoms with E-state index in [4.69, 9.17) is 28.8 Å². The molecule has 9 nitrogen and oxygen atoms in total. The van der Waals surface area contributed by atoms with Gasteiger partial charge in [-0.25, -0.2) is 4.79 Å². The fraction of sp³-hybridized carbons (Fsp3) is 0.926. The van der Waals surface area contributed by atoms with Gasteiger partial charge in [0.2, 0.25) is 5.91 Å². The van der Waals surface area contributed by atoms with Gasteiger partial charge in [0.25, 0.3) is 0 Å². The van der Waals surface area contributed by atoms with Gasteiger partial charge < -0.3 is 34.1 Å². The van der Waals surface area contributed by atoms with E-state index in [1.165, 1.54) is 51.4 Å². The quantitative estimate of drug-likeness (QED) is 0.0940. The lowest BCUT2D eigenvalue weighted by Gasteiger charge is -2.16. The van der Waals surface area contributed by atoms with Crippen LogP contribution in [0.4, 0.5) is 0 Å². The van der Waals surface area contributed by atoms with E-state index in [1.807, 2.05) is 13.8 Å². The number of carbonyl (C=O) groups excluding carboxylic acids is 1. The van der Waals surface area contributed by atoms with E-state index in [2.05, 4.69) is 17.9 Å². The maximum absolute atomic E-state index is 11.8. The van der Waals surface area contributed by atoms with E-state index in [0.717, 1.165) is 18.8 Å². The first-order chi connectivity index (χ1) is 18.0. The second kappa shape index (κ2) is 28.1. The van der Waals surface area contributed by atoms with Crippen LogP contribution < -0.4 is 5.32 Å². The van der Waals surface area contributed by atoms with E-state index in [-0.39, 0.29) is 19.1 Å². The highest BCUT2D eigenvalue weighted by Gasteiger charge is 2.20. The van der Waals surface area contributed by atoms with Crippen molar-refractivity contribution >= 4 is 24.5 Å². The molecule has 10 heteroatoms. The third kappa shape index (κ3) is 27.9. The summed E-state index contributed by atoms with van der Waals surface area (Å²) in [4.78, 5) is 22.9. The lowest BCUT2D eigenvalue weighted by atomic mass is 10.0. The first-order valence-electron chi connectivity index (χ1n) is 14.0. The first kappa shape index (κ1) is 36.1. The Labute approximate surface area is 230 Å². The zero-order chi connectivity index (χ0) is 27.4. The summed E-state index contributed by atoms with van der Waals surface area (Å²) < 4.78 is 27.1. The van der Waals surface area contributed by atoms with Crippen LogP contribution in [0.15, 0.2) is 0 Å². The van der Waals surface area contributed by atoms with Crippen LogP contribution in [-0.4, -0.2) is 94.8 Å². The SMILES string of the molecule is CC(C)C[C@H](NC(=O)COCCOCCOCCOCCOCCCCCCCCCCCS)C(=O)O. The number of amides is 1. The van der Waals surface area contributed by atoms with Crippen LogP contribution in [0.3, 0.4) is 0 Å². The molecule has 0 aliphatic rings. The van der Waals surface area contributed by atoms with Crippen molar-refractivity contribution in [1.82, 2.24) is 5.32 Å². The summed E-state index contributed by atoms with van der Waals surface area (Å²) in [6, 6.07) is -0.895. The highest BCUT2D eigenvalue weighted by molar-refractivity contribution is 7.80. The Morgan fingerprint density at radius 1 is 0.649 bits per heavy atom. The maximum Gasteiger partial charge on any atom is 0.326 e. The van der Waals surface area contributed by atoms with Crippen LogP contribution in [0.25, 0.3) is 0 Å². The maximum atomic E-state index is 11.8. The number of aliphatic carboxylic acids is 1. The van der Waals surface area contributed by atoms with Crippen LogP contribution in [0, 0.1) is 5.92 Å². The smallest absolute Gasteiger partial charge is 0.326 e. The Hall–Kier alpha value is -0.910. The second-order valence-electron chi connectivity index (χ2n) is 9.50. The normalized spacial score (nSPS) is 12.2. The van der Waals surface area contributed by atoms with Gasteiger partial charge in [-0.3, -0.25) is 4.79 Å². The van der Waals surface area contributed by atoms with Crippen LogP contribution in [0.2, 0.25) is 0 Å². The van der Waals surface area contributed by atoms with Crippen molar-refractivity contribution in [1.29, 1.82) is 0 Å². The molecule has 0 aliphatic carbocycles. The van der Waals surface area contributed by atoms with Gasteiger partial charge in [-0.15, -0.1) is 0 Å².